The monoisotopic (exact) mass is 336 g/mol. The van der Waals surface area contributed by atoms with E-state index < -0.39 is 0 Å². The van der Waals surface area contributed by atoms with Crippen molar-refractivity contribution in [1.29, 1.82) is 0 Å². The lowest BCUT2D eigenvalue weighted by atomic mass is 9.98. The molecule has 138 valence electrons. The lowest BCUT2D eigenvalue weighted by Gasteiger charge is -2.47. The van der Waals surface area contributed by atoms with Gasteiger partial charge < -0.3 is 10.6 Å². The van der Waals surface area contributed by atoms with Crippen LogP contribution in [0.5, 0.6) is 0 Å². The third-order valence-corrected chi connectivity index (χ3v) is 6.02. The Morgan fingerprint density at radius 1 is 1.00 bits per heavy atom. The minimum absolute atomic E-state index is 0.178. The maximum Gasteiger partial charge on any atom is 0.191 e. The summed E-state index contributed by atoms with van der Waals surface area (Å²) in [5.74, 6) is 0.942. The summed E-state index contributed by atoms with van der Waals surface area (Å²) in [6.07, 6.45) is 4.06. The Morgan fingerprint density at radius 2 is 1.71 bits per heavy atom. The second-order valence-corrected chi connectivity index (χ2v) is 8.16. The molecule has 4 fully saturated rings. The van der Waals surface area contributed by atoms with Crippen LogP contribution in [0.3, 0.4) is 0 Å². The summed E-state index contributed by atoms with van der Waals surface area (Å²) in [7, 11) is 1.88. The van der Waals surface area contributed by atoms with Crippen molar-refractivity contribution < 1.29 is 0 Å². The van der Waals surface area contributed by atoms with Crippen molar-refractivity contribution in [3.63, 3.8) is 0 Å². The molecule has 1 atom stereocenters. The molecule has 4 heterocycles. The van der Waals surface area contributed by atoms with E-state index in [-0.39, 0.29) is 5.54 Å². The summed E-state index contributed by atoms with van der Waals surface area (Å²) < 4.78 is 0. The molecule has 24 heavy (non-hydrogen) atoms. The van der Waals surface area contributed by atoms with Gasteiger partial charge in [0.15, 0.2) is 5.96 Å². The van der Waals surface area contributed by atoms with Gasteiger partial charge >= 0.3 is 0 Å². The van der Waals surface area contributed by atoms with Crippen LogP contribution >= 0.6 is 0 Å². The number of aliphatic imine (C=N–C) groups is 1. The van der Waals surface area contributed by atoms with Crippen LogP contribution in [0.1, 0.15) is 33.1 Å². The Kier molecular flexibility index (Phi) is 6.00. The third kappa shape index (κ3) is 4.41. The summed E-state index contributed by atoms with van der Waals surface area (Å²) in [5, 5.41) is 7.11. The zero-order valence-corrected chi connectivity index (χ0v) is 15.9. The largest absolute Gasteiger partial charge is 0.355 e. The summed E-state index contributed by atoms with van der Waals surface area (Å²) >= 11 is 0. The molecular weight excluding hydrogens is 300 g/mol. The van der Waals surface area contributed by atoms with Gasteiger partial charge in [0.25, 0.3) is 0 Å². The maximum absolute atomic E-state index is 4.43. The number of nitrogens with zero attached hydrogens (tertiary/aromatic N) is 4. The van der Waals surface area contributed by atoms with E-state index in [1.165, 1.54) is 65.1 Å². The number of hydrogen-bond donors (Lipinski definition) is 2. The fraction of sp³-hybridized carbons (Fsp3) is 0.944. The smallest absolute Gasteiger partial charge is 0.191 e. The first-order valence-electron chi connectivity index (χ1n) is 9.74. The van der Waals surface area contributed by atoms with Gasteiger partial charge in [-0.25, -0.2) is 0 Å². The fourth-order valence-corrected chi connectivity index (χ4v) is 4.26. The molecule has 6 nitrogen and oxygen atoms in total. The van der Waals surface area contributed by atoms with Crippen LogP contribution in [0.25, 0.3) is 0 Å². The van der Waals surface area contributed by atoms with E-state index in [1.807, 2.05) is 7.05 Å². The molecule has 0 saturated carbocycles. The van der Waals surface area contributed by atoms with Gasteiger partial charge in [0.05, 0.1) is 0 Å². The van der Waals surface area contributed by atoms with Gasteiger partial charge in [0.1, 0.15) is 0 Å². The van der Waals surface area contributed by atoms with Crippen LogP contribution in [0, 0.1) is 0 Å². The normalized spacial score (nSPS) is 32.0. The molecule has 0 amide bonds. The second kappa shape index (κ2) is 8.02. The highest BCUT2D eigenvalue weighted by Gasteiger charge is 2.32. The summed E-state index contributed by atoms with van der Waals surface area (Å²) in [4.78, 5) is 12.3. The summed E-state index contributed by atoms with van der Waals surface area (Å²) in [6, 6.07) is 0.626. The molecule has 1 unspecified atom stereocenters. The molecule has 2 N–H and O–H groups in total. The third-order valence-electron chi connectivity index (χ3n) is 6.02. The molecule has 4 rings (SSSR count). The molecule has 0 aromatic rings. The fourth-order valence-electron chi connectivity index (χ4n) is 4.26. The first kappa shape index (κ1) is 18.0. The van der Waals surface area contributed by atoms with Gasteiger partial charge in [-0.15, -0.1) is 0 Å². The van der Waals surface area contributed by atoms with E-state index in [1.54, 1.807) is 0 Å². The van der Waals surface area contributed by atoms with Crippen LogP contribution < -0.4 is 10.6 Å². The zero-order valence-electron chi connectivity index (χ0n) is 15.9. The van der Waals surface area contributed by atoms with Crippen LogP contribution in [-0.2, 0) is 0 Å². The zero-order chi connectivity index (χ0) is 17.0. The van der Waals surface area contributed by atoms with Crippen molar-refractivity contribution in [2.45, 2.75) is 44.7 Å². The first-order valence-corrected chi connectivity index (χ1v) is 9.74. The predicted octanol–water partition coefficient (Wildman–Crippen LogP) is 0.416. The number of piperazine rings is 3. The molecule has 0 radical (unpaired) electrons. The highest BCUT2D eigenvalue weighted by Crippen LogP contribution is 2.19. The second-order valence-electron chi connectivity index (χ2n) is 8.16. The van der Waals surface area contributed by atoms with Crippen molar-refractivity contribution in [2.24, 2.45) is 4.99 Å². The van der Waals surface area contributed by atoms with Crippen LogP contribution in [0.4, 0.5) is 0 Å². The Labute approximate surface area is 147 Å². The SMILES string of the molecule is CN=C(NCC1CN2CCN1CC2)NCC(C)(C)N1CCCCC1. The number of piperidine rings is 1. The molecule has 4 aliphatic heterocycles. The lowest BCUT2D eigenvalue weighted by Crippen LogP contribution is -2.64. The average Bonchev–Trinajstić information content (AvgIpc) is 2.63. The maximum atomic E-state index is 4.43. The number of guanidine groups is 1. The Bertz CT molecular complexity index is 421. The minimum atomic E-state index is 0.178. The van der Waals surface area contributed by atoms with Crippen molar-refractivity contribution in [3.05, 3.63) is 0 Å². The van der Waals surface area contributed by atoms with E-state index in [0.717, 1.165) is 19.0 Å². The first-order chi connectivity index (χ1) is 11.6. The van der Waals surface area contributed by atoms with Gasteiger partial charge in [-0.3, -0.25) is 19.7 Å². The van der Waals surface area contributed by atoms with Gasteiger partial charge in [-0.05, 0) is 39.8 Å². The molecule has 4 aliphatic rings. The highest BCUT2D eigenvalue weighted by atomic mass is 15.4. The van der Waals surface area contributed by atoms with E-state index in [9.17, 15) is 0 Å². The van der Waals surface area contributed by atoms with Crippen LogP contribution in [0.15, 0.2) is 4.99 Å². The predicted molar refractivity (Wildman–Crippen MR) is 101 cm³/mol. The quantitative estimate of drug-likeness (QED) is 0.563. The number of likely N-dealkylation sites (tertiary alicyclic amines) is 1. The minimum Gasteiger partial charge on any atom is -0.355 e. The summed E-state index contributed by atoms with van der Waals surface area (Å²) in [5.41, 5.74) is 0.178. The molecule has 0 aromatic carbocycles. The molecule has 0 aromatic heterocycles. The van der Waals surface area contributed by atoms with Crippen LogP contribution in [-0.4, -0.2) is 98.2 Å². The van der Waals surface area contributed by atoms with E-state index in [0.29, 0.717) is 6.04 Å². The molecular formula is C18H36N6. The number of hydrogen-bond acceptors (Lipinski definition) is 4. The van der Waals surface area contributed by atoms with Gasteiger partial charge in [0, 0.05) is 64.4 Å². The van der Waals surface area contributed by atoms with Gasteiger partial charge in [-0.1, -0.05) is 6.42 Å². The van der Waals surface area contributed by atoms with Crippen molar-refractivity contribution >= 4 is 5.96 Å². The number of rotatable bonds is 5. The average molecular weight is 337 g/mol. The lowest BCUT2D eigenvalue weighted by molar-refractivity contribution is 0.0154. The Morgan fingerprint density at radius 3 is 2.29 bits per heavy atom. The molecule has 2 bridgehead atoms. The van der Waals surface area contributed by atoms with E-state index in [2.05, 4.69) is 44.2 Å². The topological polar surface area (TPSA) is 46.1 Å². The van der Waals surface area contributed by atoms with E-state index >= 15 is 0 Å². The van der Waals surface area contributed by atoms with Crippen molar-refractivity contribution in [1.82, 2.24) is 25.3 Å². The number of fused-ring (bicyclic) bond motifs is 3. The Balaban J connectivity index is 1.43. The molecule has 4 saturated heterocycles. The van der Waals surface area contributed by atoms with E-state index in [4.69, 9.17) is 0 Å². The van der Waals surface area contributed by atoms with Gasteiger partial charge in [-0.2, -0.15) is 0 Å². The van der Waals surface area contributed by atoms with Gasteiger partial charge in [0.2, 0.25) is 0 Å². The highest BCUT2D eigenvalue weighted by molar-refractivity contribution is 5.79. The van der Waals surface area contributed by atoms with Crippen molar-refractivity contribution in [3.8, 4) is 0 Å². The molecule has 0 spiro atoms. The van der Waals surface area contributed by atoms with Crippen molar-refractivity contribution in [2.75, 3.05) is 66.0 Å². The van der Waals surface area contributed by atoms with Crippen LogP contribution in [0.2, 0.25) is 0 Å². The molecule has 6 heteroatoms. The Hall–Kier alpha value is -0.850. The standard InChI is InChI=1S/C18H36N6/c1-18(2,24-7-5-4-6-8-24)15-21-17(19-3)20-13-16-14-22-9-11-23(16)12-10-22/h16H,4-15H2,1-3H3,(H2,19,20,21). The number of nitrogens with one attached hydrogen (secondary N) is 2. The summed E-state index contributed by atoms with van der Waals surface area (Å²) in [6.45, 7) is 15.2. The molecule has 0 aliphatic carbocycles.